The lowest BCUT2D eigenvalue weighted by Crippen LogP contribution is -2.28. The summed E-state index contributed by atoms with van der Waals surface area (Å²) in [6.07, 6.45) is 4.33. The van der Waals surface area contributed by atoms with E-state index in [1.54, 1.807) is 0 Å². The minimum absolute atomic E-state index is 0.0132. The van der Waals surface area contributed by atoms with Crippen molar-refractivity contribution in [1.82, 2.24) is 5.01 Å². The Morgan fingerprint density at radius 2 is 1.93 bits per heavy atom. The predicted molar refractivity (Wildman–Crippen MR) is 103 cm³/mol. The number of hydrogen-bond acceptors (Lipinski definition) is 7. The van der Waals surface area contributed by atoms with Gasteiger partial charge in [-0.25, -0.2) is 4.79 Å². The Hall–Kier alpha value is -3.27. The van der Waals surface area contributed by atoms with Gasteiger partial charge in [-0.3, -0.25) is 19.7 Å². The molecule has 3 aliphatic rings. The fourth-order valence-corrected chi connectivity index (χ4v) is 4.53. The number of nitro groups is 1. The van der Waals surface area contributed by atoms with E-state index in [-0.39, 0.29) is 28.2 Å². The Labute approximate surface area is 174 Å². The highest BCUT2D eigenvalue weighted by Crippen LogP contribution is 2.52. The zero-order valence-electron chi connectivity index (χ0n) is 15.6. The van der Waals surface area contributed by atoms with Crippen LogP contribution in [0.1, 0.15) is 18.9 Å². The lowest BCUT2D eigenvalue weighted by molar-refractivity contribution is -0.386. The molecule has 1 aromatic carbocycles. The first-order valence-corrected chi connectivity index (χ1v) is 9.54. The standard InChI is InChI=1S/C19H16ClN3O7/c1-8(19(26)27)30-16-11(5-12(20)6-13(16)23(28)29)7-21-22-17(24)14-9-2-3-10(4-9)15(14)18(22)25/h2-3,5-10,14-15H,4H2,1H3,(H,26,27)/t8-,9-,10-,14-,15+/m0/s1. The number of allylic oxidation sites excluding steroid dienone is 2. The van der Waals surface area contributed by atoms with Crippen LogP contribution in [0.3, 0.4) is 0 Å². The molecule has 10 nitrogen and oxygen atoms in total. The topological polar surface area (TPSA) is 139 Å². The predicted octanol–water partition coefficient (Wildman–Crippen LogP) is 2.24. The molecule has 30 heavy (non-hydrogen) atoms. The van der Waals surface area contributed by atoms with Crippen molar-refractivity contribution in [1.29, 1.82) is 0 Å². The summed E-state index contributed by atoms with van der Waals surface area (Å²) < 4.78 is 5.25. The summed E-state index contributed by atoms with van der Waals surface area (Å²) in [6, 6.07) is 2.29. The average Bonchev–Trinajstić information content (AvgIpc) is 3.36. The van der Waals surface area contributed by atoms with E-state index in [1.165, 1.54) is 13.0 Å². The molecule has 0 aromatic heterocycles. The highest BCUT2D eigenvalue weighted by molar-refractivity contribution is 6.31. The first-order valence-electron chi connectivity index (χ1n) is 9.16. The zero-order chi connectivity index (χ0) is 21.7. The van der Waals surface area contributed by atoms with Gasteiger partial charge in [0.1, 0.15) is 0 Å². The first-order chi connectivity index (χ1) is 14.2. The molecule has 1 N–H and O–H groups in total. The van der Waals surface area contributed by atoms with Gasteiger partial charge in [0.15, 0.2) is 6.10 Å². The van der Waals surface area contributed by atoms with Gasteiger partial charge < -0.3 is 9.84 Å². The maximum atomic E-state index is 12.7. The van der Waals surface area contributed by atoms with Crippen molar-refractivity contribution in [3.8, 4) is 5.75 Å². The number of hydrazone groups is 1. The van der Waals surface area contributed by atoms with Crippen LogP contribution in [0.15, 0.2) is 29.4 Å². The molecule has 4 rings (SSSR count). The molecule has 1 heterocycles. The van der Waals surface area contributed by atoms with Crippen molar-refractivity contribution >= 4 is 41.3 Å². The van der Waals surface area contributed by atoms with Crippen LogP contribution in [0.25, 0.3) is 0 Å². The van der Waals surface area contributed by atoms with E-state index in [0.717, 1.165) is 23.7 Å². The highest BCUT2D eigenvalue weighted by atomic mass is 35.5. The van der Waals surface area contributed by atoms with Gasteiger partial charge in [-0.15, -0.1) is 0 Å². The minimum atomic E-state index is -1.40. The molecule has 5 atom stereocenters. The molecule has 0 radical (unpaired) electrons. The number of benzene rings is 1. The molecule has 156 valence electrons. The molecule has 1 aliphatic heterocycles. The third-order valence-corrected chi connectivity index (χ3v) is 5.88. The number of rotatable bonds is 6. The van der Waals surface area contributed by atoms with Crippen LogP contribution in [-0.2, 0) is 14.4 Å². The third-order valence-electron chi connectivity index (χ3n) is 5.66. The Kier molecular flexibility index (Phi) is 4.81. The van der Waals surface area contributed by atoms with Crippen molar-refractivity contribution in [2.24, 2.45) is 28.8 Å². The summed E-state index contributed by atoms with van der Waals surface area (Å²) in [5.74, 6) is -3.40. The summed E-state index contributed by atoms with van der Waals surface area (Å²) in [5.41, 5.74) is -0.587. The molecular weight excluding hydrogens is 418 g/mol. The summed E-state index contributed by atoms with van der Waals surface area (Å²) >= 11 is 5.95. The fraction of sp³-hybridized carbons (Fsp3) is 0.368. The van der Waals surface area contributed by atoms with Crippen LogP contribution in [0, 0.1) is 33.8 Å². The number of nitrogens with zero attached hydrogens (tertiary/aromatic N) is 3. The van der Waals surface area contributed by atoms with Crippen molar-refractivity contribution in [3.05, 3.63) is 45.0 Å². The number of imide groups is 1. The van der Waals surface area contributed by atoms with Gasteiger partial charge in [-0.1, -0.05) is 23.8 Å². The molecule has 0 unspecified atom stereocenters. The summed E-state index contributed by atoms with van der Waals surface area (Å²) in [6.45, 7) is 1.21. The second kappa shape index (κ2) is 7.21. The van der Waals surface area contributed by atoms with Crippen molar-refractivity contribution in [2.75, 3.05) is 0 Å². The summed E-state index contributed by atoms with van der Waals surface area (Å²) in [5, 5.41) is 25.2. The van der Waals surface area contributed by atoms with Crippen LogP contribution in [0.2, 0.25) is 5.02 Å². The molecular formula is C19H16ClN3O7. The van der Waals surface area contributed by atoms with Crippen molar-refractivity contribution < 1.29 is 29.2 Å². The number of aliphatic carboxylic acids is 1. The molecule has 2 fully saturated rings. The van der Waals surface area contributed by atoms with Crippen LogP contribution in [0.5, 0.6) is 5.75 Å². The van der Waals surface area contributed by atoms with E-state index in [4.69, 9.17) is 21.4 Å². The van der Waals surface area contributed by atoms with Gasteiger partial charge in [0.2, 0.25) is 5.75 Å². The molecule has 1 aromatic rings. The molecule has 2 bridgehead atoms. The monoisotopic (exact) mass is 433 g/mol. The molecule has 2 amide bonds. The quantitative estimate of drug-likeness (QED) is 0.238. The number of halogens is 1. The molecule has 2 aliphatic carbocycles. The lowest BCUT2D eigenvalue weighted by Gasteiger charge is -2.14. The van der Waals surface area contributed by atoms with Crippen LogP contribution in [0.4, 0.5) is 5.69 Å². The van der Waals surface area contributed by atoms with Crippen molar-refractivity contribution in [2.45, 2.75) is 19.4 Å². The molecule has 1 saturated carbocycles. The number of carboxylic acids is 1. The number of ether oxygens (including phenoxy) is 1. The molecule has 0 spiro atoms. The van der Waals surface area contributed by atoms with E-state index in [2.05, 4.69) is 5.10 Å². The second-order valence-electron chi connectivity index (χ2n) is 7.43. The van der Waals surface area contributed by atoms with Gasteiger partial charge in [0.05, 0.1) is 23.0 Å². The third kappa shape index (κ3) is 3.13. The Balaban J connectivity index is 1.68. The lowest BCUT2D eigenvalue weighted by atomic mass is 9.85. The normalized spacial score (nSPS) is 27.7. The number of nitro benzene ring substituents is 1. The van der Waals surface area contributed by atoms with Gasteiger partial charge in [0, 0.05) is 16.7 Å². The first kappa shape index (κ1) is 20.0. The van der Waals surface area contributed by atoms with Crippen LogP contribution in [-0.4, -0.2) is 45.1 Å². The van der Waals surface area contributed by atoms with Gasteiger partial charge in [0.25, 0.3) is 11.8 Å². The largest absolute Gasteiger partial charge is 0.479 e. The fourth-order valence-electron chi connectivity index (χ4n) is 4.31. The second-order valence-corrected chi connectivity index (χ2v) is 7.87. The van der Waals surface area contributed by atoms with Gasteiger partial charge in [-0.05, 0) is 31.2 Å². The highest BCUT2D eigenvalue weighted by Gasteiger charge is 2.59. The summed E-state index contributed by atoms with van der Waals surface area (Å²) in [4.78, 5) is 47.2. The van der Waals surface area contributed by atoms with Crippen molar-refractivity contribution in [3.63, 3.8) is 0 Å². The van der Waals surface area contributed by atoms with E-state index in [9.17, 15) is 24.5 Å². The molecule has 11 heteroatoms. The number of fused-ring (bicyclic) bond motifs is 5. The van der Waals surface area contributed by atoms with E-state index in [1.807, 2.05) is 12.2 Å². The maximum absolute atomic E-state index is 12.7. The maximum Gasteiger partial charge on any atom is 0.344 e. The molecule has 1 saturated heterocycles. The van der Waals surface area contributed by atoms with Gasteiger partial charge in [-0.2, -0.15) is 10.1 Å². The van der Waals surface area contributed by atoms with Crippen LogP contribution < -0.4 is 4.74 Å². The minimum Gasteiger partial charge on any atom is -0.479 e. The van der Waals surface area contributed by atoms with E-state index in [0.29, 0.717) is 0 Å². The van der Waals surface area contributed by atoms with Crippen LogP contribution >= 0.6 is 11.6 Å². The number of carbonyl (C=O) groups is 3. The Bertz CT molecular complexity index is 1010. The number of carboxylic acid groups (broad SMARTS) is 1. The van der Waals surface area contributed by atoms with E-state index < -0.39 is 46.3 Å². The van der Waals surface area contributed by atoms with Gasteiger partial charge >= 0.3 is 11.7 Å². The number of carbonyl (C=O) groups excluding carboxylic acids is 2. The number of hydrogen-bond donors (Lipinski definition) is 1. The average molecular weight is 434 g/mol. The Morgan fingerprint density at radius 3 is 2.47 bits per heavy atom. The SMILES string of the molecule is C[C@H](Oc1c(C=NN2C(=O)[C@@H]3[C@H](C2=O)[C@H]2C=C[C@H]3C2)cc(Cl)cc1[N+](=O)[O-])C(=O)O. The Morgan fingerprint density at radius 1 is 1.33 bits per heavy atom. The summed E-state index contributed by atoms with van der Waals surface area (Å²) in [7, 11) is 0. The zero-order valence-corrected chi connectivity index (χ0v) is 16.4. The smallest absolute Gasteiger partial charge is 0.344 e. The number of amides is 2. The van der Waals surface area contributed by atoms with E-state index >= 15 is 0 Å².